The number of ether oxygens (including phenoxy) is 1. The second-order valence-corrected chi connectivity index (χ2v) is 5.33. The van der Waals surface area contributed by atoms with Gasteiger partial charge in [0.15, 0.2) is 0 Å². The van der Waals surface area contributed by atoms with Crippen LogP contribution < -0.4 is 5.32 Å². The normalized spacial score (nSPS) is 27.1. The van der Waals surface area contributed by atoms with E-state index in [1.54, 1.807) is 0 Å². The topological polar surface area (TPSA) is 21.3 Å². The van der Waals surface area contributed by atoms with Crippen molar-refractivity contribution in [1.82, 2.24) is 0 Å². The quantitative estimate of drug-likeness (QED) is 0.856. The van der Waals surface area contributed by atoms with Crippen molar-refractivity contribution in [1.29, 1.82) is 0 Å². The van der Waals surface area contributed by atoms with E-state index in [4.69, 9.17) is 4.74 Å². The maximum Gasteiger partial charge on any atom is 0.0725 e. The number of benzene rings is 1. The zero-order chi connectivity index (χ0) is 11.7. The first-order valence-corrected chi connectivity index (χ1v) is 6.83. The summed E-state index contributed by atoms with van der Waals surface area (Å²) in [6, 6.07) is 7.37. The largest absolute Gasteiger partial charge is 0.382 e. The molecule has 1 fully saturated rings. The Kier molecular flexibility index (Phi) is 3.06. The average Bonchev–Trinajstić information content (AvgIpc) is 2.96. The molecule has 3 rings (SSSR count). The van der Waals surface area contributed by atoms with Crippen molar-refractivity contribution in [2.75, 3.05) is 5.32 Å². The van der Waals surface area contributed by atoms with Crippen LogP contribution in [0, 0.1) is 5.92 Å². The van der Waals surface area contributed by atoms with E-state index in [1.165, 1.54) is 42.5 Å². The van der Waals surface area contributed by atoms with Gasteiger partial charge in [-0.1, -0.05) is 25.8 Å². The van der Waals surface area contributed by atoms with E-state index >= 15 is 0 Å². The smallest absolute Gasteiger partial charge is 0.0725 e. The maximum absolute atomic E-state index is 5.45. The summed E-state index contributed by atoms with van der Waals surface area (Å²) in [6.45, 7) is 3.88. The molecule has 2 aliphatic rings. The molecule has 2 nitrogen and oxygen atoms in total. The number of nitrogens with one attached hydrogen (secondary N) is 1. The predicted octanol–water partition coefficient (Wildman–Crippen LogP) is 3.71. The monoisotopic (exact) mass is 231 g/mol. The van der Waals surface area contributed by atoms with Gasteiger partial charge in [-0.15, -0.1) is 0 Å². The standard InChI is InChI=1S/C15H21NO/c1-2-11-4-3-5-15(11)16-14-7-6-12-9-17-10-13(12)8-14/h6-8,11,15-16H,2-5,9-10H2,1H3. The van der Waals surface area contributed by atoms with Crippen LogP contribution in [0.1, 0.15) is 43.7 Å². The molecule has 1 saturated carbocycles. The number of hydrogen-bond acceptors (Lipinski definition) is 2. The first kappa shape index (κ1) is 11.1. The lowest BCUT2D eigenvalue weighted by Gasteiger charge is -2.21. The Morgan fingerprint density at radius 2 is 2.12 bits per heavy atom. The SMILES string of the molecule is CCC1CCCC1Nc1ccc2c(c1)COC2. The van der Waals surface area contributed by atoms with Crippen LogP contribution in [-0.4, -0.2) is 6.04 Å². The summed E-state index contributed by atoms with van der Waals surface area (Å²) in [7, 11) is 0. The van der Waals surface area contributed by atoms with E-state index in [2.05, 4.69) is 30.4 Å². The Morgan fingerprint density at radius 3 is 3.00 bits per heavy atom. The Bertz CT molecular complexity index is 402. The zero-order valence-corrected chi connectivity index (χ0v) is 10.5. The van der Waals surface area contributed by atoms with Crippen molar-refractivity contribution in [2.24, 2.45) is 5.92 Å². The van der Waals surface area contributed by atoms with Crippen LogP contribution in [0.3, 0.4) is 0 Å². The molecule has 1 N–H and O–H groups in total. The molecule has 1 aromatic carbocycles. The molecule has 0 bridgehead atoms. The van der Waals surface area contributed by atoms with Gasteiger partial charge < -0.3 is 10.1 Å². The molecule has 1 aliphatic heterocycles. The molecule has 1 heterocycles. The molecule has 0 aromatic heterocycles. The second kappa shape index (κ2) is 4.69. The van der Waals surface area contributed by atoms with E-state index in [0.717, 1.165) is 19.1 Å². The fourth-order valence-electron chi connectivity index (χ4n) is 3.19. The molecule has 0 spiro atoms. The minimum Gasteiger partial charge on any atom is -0.382 e. The van der Waals surface area contributed by atoms with Crippen LogP contribution in [-0.2, 0) is 18.0 Å². The van der Waals surface area contributed by atoms with Gasteiger partial charge in [-0.3, -0.25) is 0 Å². The van der Waals surface area contributed by atoms with Crippen LogP contribution in [0.4, 0.5) is 5.69 Å². The maximum atomic E-state index is 5.45. The molecule has 1 aromatic rings. The second-order valence-electron chi connectivity index (χ2n) is 5.33. The van der Waals surface area contributed by atoms with E-state index < -0.39 is 0 Å². The van der Waals surface area contributed by atoms with E-state index in [1.807, 2.05) is 0 Å². The van der Waals surface area contributed by atoms with Crippen LogP contribution >= 0.6 is 0 Å². The van der Waals surface area contributed by atoms with Crippen LogP contribution in [0.25, 0.3) is 0 Å². The van der Waals surface area contributed by atoms with Gasteiger partial charge in [-0.05, 0) is 42.0 Å². The van der Waals surface area contributed by atoms with Crippen molar-refractivity contribution < 1.29 is 4.74 Å². The number of hydrogen-bond donors (Lipinski definition) is 1. The van der Waals surface area contributed by atoms with E-state index in [-0.39, 0.29) is 0 Å². The van der Waals surface area contributed by atoms with Gasteiger partial charge in [0.1, 0.15) is 0 Å². The van der Waals surface area contributed by atoms with Gasteiger partial charge in [0.25, 0.3) is 0 Å². The van der Waals surface area contributed by atoms with Crippen molar-refractivity contribution in [3.63, 3.8) is 0 Å². The summed E-state index contributed by atoms with van der Waals surface area (Å²) in [4.78, 5) is 0. The van der Waals surface area contributed by atoms with E-state index in [0.29, 0.717) is 6.04 Å². The lowest BCUT2D eigenvalue weighted by Crippen LogP contribution is -2.23. The third-order valence-electron chi connectivity index (χ3n) is 4.26. The summed E-state index contributed by atoms with van der Waals surface area (Å²) in [6.07, 6.45) is 5.39. The number of fused-ring (bicyclic) bond motifs is 1. The average molecular weight is 231 g/mol. The third kappa shape index (κ3) is 2.19. The van der Waals surface area contributed by atoms with Gasteiger partial charge in [-0.25, -0.2) is 0 Å². The van der Waals surface area contributed by atoms with Gasteiger partial charge in [-0.2, -0.15) is 0 Å². The molecule has 17 heavy (non-hydrogen) atoms. The first-order chi connectivity index (χ1) is 8.36. The molecule has 2 heteroatoms. The summed E-state index contributed by atoms with van der Waals surface area (Å²) in [5.74, 6) is 0.861. The third-order valence-corrected chi connectivity index (χ3v) is 4.26. The van der Waals surface area contributed by atoms with Crippen LogP contribution in [0.2, 0.25) is 0 Å². The van der Waals surface area contributed by atoms with Gasteiger partial charge in [0.2, 0.25) is 0 Å². The predicted molar refractivity (Wildman–Crippen MR) is 70.0 cm³/mol. The summed E-state index contributed by atoms with van der Waals surface area (Å²) < 4.78 is 5.45. The Labute approximate surface area is 103 Å². The van der Waals surface area contributed by atoms with Crippen molar-refractivity contribution in [3.8, 4) is 0 Å². The molecule has 2 atom stereocenters. The summed E-state index contributed by atoms with van der Waals surface area (Å²) in [5, 5.41) is 3.72. The number of rotatable bonds is 3. The molecule has 0 radical (unpaired) electrons. The molecule has 0 amide bonds. The Hall–Kier alpha value is -1.02. The fourth-order valence-corrected chi connectivity index (χ4v) is 3.19. The van der Waals surface area contributed by atoms with Crippen molar-refractivity contribution >= 4 is 5.69 Å². The Balaban J connectivity index is 1.72. The molecule has 2 unspecified atom stereocenters. The minimum atomic E-state index is 0.681. The molecular weight excluding hydrogens is 210 g/mol. The van der Waals surface area contributed by atoms with Gasteiger partial charge in [0, 0.05) is 11.7 Å². The fraction of sp³-hybridized carbons (Fsp3) is 0.600. The highest BCUT2D eigenvalue weighted by atomic mass is 16.5. The summed E-state index contributed by atoms with van der Waals surface area (Å²) >= 11 is 0. The highest BCUT2D eigenvalue weighted by Crippen LogP contribution is 2.31. The molecule has 0 saturated heterocycles. The molecular formula is C15H21NO. The van der Waals surface area contributed by atoms with Crippen LogP contribution in [0.5, 0.6) is 0 Å². The highest BCUT2D eigenvalue weighted by molar-refractivity contribution is 5.50. The zero-order valence-electron chi connectivity index (χ0n) is 10.5. The van der Waals surface area contributed by atoms with Crippen molar-refractivity contribution in [3.05, 3.63) is 29.3 Å². The lowest BCUT2D eigenvalue weighted by molar-refractivity contribution is 0.134. The minimum absolute atomic E-state index is 0.681. The summed E-state index contributed by atoms with van der Waals surface area (Å²) in [5.41, 5.74) is 4.00. The number of anilines is 1. The molecule has 1 aliphatic carbocycles. The van der Waals surface area contributed by atoms with Crippen molar-refractivity contribution in [2.45, 2.75) is 51.9 Å². The Morgan fingerprint density at radius 1 is 1.24 bits per heavy atom. The van der Waals surface area contributed by atoms with Gasteiger partial charge in [0.05, 0.1) is 13.2 Å². The lowest BCUT2D eigenvalue weighted by atomic mass is 10.00. The highest BCUT2D eigenvalue weighted by Gasteiger charge is 2.25. The van der Waals surface area contributed by atoms with E-state index in [9.17, 15) is 0 Å². The van der Waals surface area contributed by atoms with Gasteiger partial charge >= 0.3 is 0 Å². The first-order valence-electron chi connectivity index (χ1n) is 6.83. The molecule has 92 valence electrons. The van der Waals surface area contributed by atoms with Crippen LogP contribution in [0.15, 0.2) is 18.2 Å².